The molecular formula is C19H18ClN3O2S. The zero-order valence-electron chi connectivity index (χ0n) is 14.0. The van der Waals surface area contributed by atoms with Crippen molar-refractivity contribution >= 4 is 38.0 Å². The van der Waals surface area contributed by atoms with E-state index >= 15 is 0 Å². The second kappa shape index (κ2) is 6.87. The predicted octanol–water partition coefficient (Wildman–Crippen LogP) is 3.13. The molecule has 1 N–H and O–H groups in total. The number of anilines is 1. The summed E-state index contributed by atoms with van der Waals surface area (Å²) in [5.74, 6) is 0. The summed E-state index contributed by atoms with van der Waals surface area (Å²) in [6.07, 6.45) is 1.43. The van der Waals surface area contributed by atoms with E-state index in [0.29, 0.717) is 5.02 Å². The summed E-state index contributed by atoms with van der Waals surface area (Å²) in [4.78, 5) is 7.11. The molecule has 134 valence electrons. The molecule has 0 unspecified atom stereocenters. The average Bonchev–Trinajstić information content (AvgIpc) is 2.67. The van der Waals surface area contributed by atoms with E-state index in [1.807, 2.05) is 18.2 Å². The molecular weight excluding hydrogens is 370 g/mol. The van der Waals surface area contributed by atoms with Crippen LogP contribution < -0.4 is 10.2 Å². The molecule has 1 fully saturated rings. The van der Waals surface area contributed by atoms with Crippen molar-refractivity contribution < 1.29 is 8.42 Å². The number of pyridine rings is 1. The van der Waals surface area contributed by atoms with Gasteiger partial charge in [0.15, 0.2) is 0 Å². The van der Waals surface area contributed by atoms with Crippen molar-refractivity contribution in [3.63, 3.8) is 0 Å². The number of para-hydroxylation sites is 1. The maximum atomic E-state index is 12.9. The van der Waals surface area contributed by atoms with Gasteiger partial charge in [0.2, 0.25) is 9.84 Å². The molecule has 5 nitrogen and oxygen atoms in total. The van der Waals surface area contributed by atoms with Crippen molar-refractivity contribution in [2.24, 2.45) is 0 Å². The molecule has 2 aromatic carbocycles. The molecule has 0 spiro atoms. The maximum Gasteiger partial charge on any atom is 0.208 e. The number of nitrogens with one attached hydrogen (secondary N) is 1. The van der Waals surface area contributed by atoms with E-state index in [1.165, 1.54) is 12.3 Å². The SMILES string of the molecule is O=S(=O)(c1cccc(Cl)c1)c1cnc2c(N3CCNCC3)cccc2c1. The molecule has 0 atom stereocenters. The first-order valence-electron chi connectivity index (χ1n) is 8.41. The van der Waals surface area contributed by atoms with Crippen molar-refractivity contribution in [1.29, 1.82) is 0 Å². The minimum atomic E-state index is -3.66. The molecule has 0 bridgehead atoms. The highest BCUT2D eigenvalue weighted by molar-refractivity contribution is 7.91. The first-order valence-corrected chi connectivity index (χ1v) is 10.3. The molecule has 0 saturated carbocycles. The summed E-state index contributed by atoms with van der Waals surface area (Å²) in [6.45, 7) is 3.67. The Balaban J connectivity index is 1.79. The third kappa shape index (κ3) is 3.16. The van der Waals surface area contributed by atoms with Crippen LogP contribution in [0.3, 0.4) is 0 Å². The van der Waals surface area contributed by atoms with Gasteiger partial charge in [0.25, 0.3) is 0 Å². The lowest BCUT2D eigenvalue weighted by Gasteiger charge is -2.30. The minimum Gasteiger partial charge on any atom is -0.367 e. The van der Waals surface area contributed by atoms with E-state index < -0.39 is 9.84 Å². The fourth-order valence-corrected chi connectivity index (χ4v) is 4.74. The van der Waals surface area contributed by atoms with Gasteiger partial charge < -0.3 is 10.2 Å². The van der Waals surface area contributed by atoms with Crippen LogP contribution in [-0.2, 0) is 9.84 Å². The van der Waals surface area contributed by atoms with Gasteiger partial charge in [-0.2, -0.15) is 0 Å². The van der Waals surface area contributed by atoms with Crippen molar-refractivity contribution in [2.45, 2.75) is 9.79 Å². The summed E-state index contributed by atoms with van der Waals surface area (Å²) < 4.78 is 25.8. The highest BCUT2D eigenvalue weighted by atomic mass is 35.5. The Morgan fingerprint density at radius 1 is 1.00 bits per heavy atom. The van der Waals surface area contributed by atoms with Crippen molar-refractivity contribution in [1.82, 2.24) is 10.3 Å². The molecule has 26 heavy (non-hydrogen) atoms. The van der Waals surface area contributed by atoms with Gasteiger partial charge in [0.05, 0.1) is 21.0 Å². The average molecular weight is 388 g/mol. The molecule has 0 aliphatic carbocycles. The number of nitrogens with zero attached hydrogens (tertiary/aromatic N) is 2. The number of aromatic nitrogens is 1. The Bertz CT molecular complexity index is 1060. The van der Waals surface area contributed by atoms with E-state index in [9.17, 15) is 8.42 Å². The number of sulfone groups is 1. The minimum absolute atomic E-state index is 0.171. The molecule has 2 heterocycles. The van der Waals surface area contributed by atoms with Crippen molar-refractivity contribution in [2.75, 3.05) is 31.1 Å². The van der Waals surface area contributed by atoms with Crippen molar-refractivity contribution in [3.8, 4) is 0 Å². The third-order valence-corrected chi connectivity index (χ3v) is 6.49. The van der Waals surface area contributed by atoms with Crippen LogP contribution in [0.4, 0.5) is 5.69 Å². The Kier molecular flexibility index (Phi) is 4.56. The molecule has 1 aromatic heterocycles. The van der Waals surface area contributed by atoms with E-state index in [0.717, 1.165) is 42.8 Å². The van der Waals surface area contributed by atoms with Crippen LogP contribution in [0.1, 0.15) is 0 Å². The number of benzene rings is 2. The molecule has 1 aliphatic rings. The first-order chi connectivity index (χ1) is 12.6. The lowest BCUT2D eigenvalue weighted by molar-refractivity contribution is 0.590. The first kappa shape index (κ1) is 17.3. The van der Waals surface area contributed by atoms with E-state index in [2.05, 4.69) is 15.2 Å². The highest BCUT2D eigenvalue weighted by Gasteiger charge is 2.20. The zero-order chi connectivity index (χ0) is 18.1. The van der Waals surface area contributed by atoms with Gasteiger partial charge in [-0.1, -0.05) is 29.8 Å². The Morgan fingerprint density at radius 3 is 2.54 bits per heavy atom. The van der Waals surface area contributed by atoms with Crippen LogP contribution >= 0.6 is 11.6 Å². The summed E-state index contributed by atoms with van der Waals surface area (Å²) in [5, 5.41) is 4.53. The van der Waals surface area contributed by atoms with E-state index in [1.54, 1.807) is 24.3 Å². The Morgan fingerprint density at radius 2 is 1.77 bits per heavy atom. The van der Waals surface area contributed by atoms with E-state index in [4.69, 9.17) is 11.6 Å². The fraction of sp³-hybridized carbons (Fsp3) is 0.211. The van der Waals surface area contributed by atoms with Crippen molar-refractivity contribution in [3.05, 3.63) is 59.8 Å². The van der Waals surface area contributed by atoms with E-state index in [-0.39, 0.29) is 9.79 Å². The number of hydrogen-bond acceptors (Lipinski definition) is 5. The van der Waals surface area contributed by atoms with Gasteiger partial charge in [-0.15, -0.1) is 0 Å². The van der Waals surface area contributed by atoms with Crippen LogP contribution in [0.5, 0.6) is 0 Å². The predicted molar refractivity (Wildman–Crippen MR) is 104 cm³/mol. The maximum absolute atomic E-state index is 12.9. The number of fused-ring (bicyclic) bond motifs is 1. The summed E-state index contributed by atoms with van der Waals surface area (Å²) in [5.41, 5.74) is 1.86. The normalized spacial score (nSPS) is 15.3. The Hall–Kier alpha value is -2.15. The largest absolute Gasteiger partial charge is 0.367 e. The lowest BCUT2D eigenvalue weighted by atomic mass is 10.1. The third-order valence-electron chi connectivity index (χ3n) is 4.54. The molecule has 1 aliphatic heterocycles. The second-order valence-electron chi connectivity index (χ2n) is 6.22. The lowest BCUT2D eigenvalue weighted by Crippen LogP contribution is -2.43. The zero-order valence-corrected chi connectivity index (χ0v) is 15.6. The Labute approximate surface area is 157 Å². The molecule has 4 rings (SSSR count). The summed E-state index contributed by atoms with van der Waals surface area (Å²) >= 11 is 5.95. The highest BCUT2D eigenvalue weighted by Crippen LogP contribution is 2.29. The topological polar surface area (TPSA) is 62.3 Å². The molecule has 0 radical (unpaired) electrons. The number of hydrogen-bond donors (Lipinski definition) is 1. The van der Waals surface area contributed by atoms with Gasteiger partial charge >= 0.3 is 0 Å². The van der Waals surface area contributed by atoms with Crippen LogP contribution in [0, 0.1) is 0 Å². The second-order valence-corrected chi connectivity index (χ2v) is 8.60. The van der Waals surface area contributed by atoms with Crippen LogP contribution in [0.25, 0.3) is 10.9 Å². The number of rotatable bonds is 3. The summed E-state index contributed by atoms with van der Waals surface area (Å²) in [6, 6.07) is 13.8. The van der Waals surface area contributed by atoms with Gasteiger partial charge in [0, 0.05) is 42.8 Å². The van der Waals surface area contributed by atoms with Gasteiger partial charge in [-0.25, -0.2) is 8.42 Å². The number of piperazine rings is 1. The number of halogens is 1. The standard InChI is InChI=1S/C19H18ClN3O2S/c20-15-4-2-5-16(12-15)26(24,25)17-11-14-3-1-6-18(19(14)22-13-17)23-9-7-21-8-10-23/h1-6,11-13,21H,7-10H2. The molecule has 3 aromatic rings. The van der Waals surface area contributed by atoms with Crippen LogP contribution in [-0.4, -0.2) is 39.6 Å². The fourth-order valence-electron chi connectivity index (χ4n) is 3.20. The molecule has 0 amide bonds. The molecule has 7 heteroatoms. The van der Waals surface area contributed by atoms with Gasteiger partial charge in [-0.05, 0) is 30.3 Å². The van der Waals surface area contributed by atoms with Gasteiger partial charge in [0.1, 0.15) is 0 Å². The van der Waals surface area contributed by atoms with Crippen LogP contribution in [0.2, 0.25) is 5.02 Å². The summed E-state index contributed by atoms with van der Waals surface area (Å²) in [7, 11) is -3.66. The molecule has 1 saturated heterocycles. The smallest absolute Gasteiger partial charge is 0.208 e. The van der Waals surface area contributed by atoms with Crippen LogP contribution in [0.15, 0.2) is 64.5 Å². The van der Waals surface area contributed by atoms with Gasteiger partial charge in [-0.3, -0.25) is 4.98 Å². The quantitative estimate of drug-likeness (QED) is 0.748. The monoisotopic (exact) mass is 387 g/mol.